The first-order valence-electron chi connectivity index (χ1n) is 3.38. The SMILES string of the molecule is COc1cccc(S(C)(=O)=O)c1.[Ar]. The van der Waals surface area contributed by atoms with Gasteiger partial charge < -0.3 is 4.74 Å². The normalized spacial score (nSPS) is 10.3. The molecule has 1 rings (SSSR count). The van der Waals surface area contributed by atoms with E-state index >= 15 is 0 Å². The van der Waals surface area contributed by atoms with Gasteiger partial charge in [0.2, 0.25) is 0 Å². The predicted molar refractivity (Wildman–Crippen MR) is 46.1 cm³/mol. The fraction of sp³-hybridized carbons (Fsp3) is 0.250. The van der Waals surface area contributed by atoms with Crippen LogP contribution in [0.4, 0.5) is 0 Å². The van der Waals surface area contributed by atoms with Gasteiger partial charge in [-0.25, -0.2) is 8.42 Å². The molecule has 5 heteroatoms. The van der Waals surface area contributed by atoms with Gasteiger partial charge in [-0.05, 0) is 18.2 Å². The largest absolute Gasteiger partial charge is 0.497 e. The van der Waals surface area contributed by atoms with Crippen LogP contribution in [0.5, 0.6) is 5.75 Å². The Morgan fingerprint density at radius 1 is 1.31 bits per heavy atom. The van der Waals surface area contributed by atoms with Gasteiger partial charge in [0, 0.05) is 44.0 Å². The van der Waals surface area contributed by atoms with Gasteiger partial charge in [0.05, 0.1) is 12.0 Å². The summed E-state index contributed by atoms with van der Waals surface area (Å²) in [5.74, 6) is 0.554. The number of ether oxygens (including phenoxy) is 1. The summed E-state index contributed by atoms with van der Waals surface area (Å²) in [5, 5.41) is 0. The second-order valence-corrected chi connectivity index (χ2v) is 4.47. The molecule has 0 aliphatic carbocycles. The number of benzene rings is 1. The van der Waals surface area contributed by atoms with Crippen LogP contribution >= 0.6 is 0 Å². The van der Waals surface area contributed by atoms with Gasteiger partial charge >= 0.3 is 0 Å². The molecule has 74 valence electrons. The van der Waals surface area contributed by atoms with E-state index in [1.807, 2.05) is 0 Å². The van der Waals surface area contributed by atoms with Crippen LogP contribution in [0.3, 0.4) is 0 Å². The second kappa shape index (κ2) is 5.20. The molecule has 0 spiro atoms. The summed E-state index contributed by atoms with van der Waals surface area (Å²) in [5.41, 5.74) is 0. The van der Waals surface area contributed by atoms with Crippen molar-refractivity contribution in [3.8, 4) is 5.75 Å². The van der Waals surface area contributed by atoms with Gasteiger partial charge in [-0.1, -0.05) is 6.07 Å². The molecule has 0 radical (unpaired) electrons. The van der Waals surface area contributed by atoms with E-state index in [0.29, 0.717) is 5.75 Å². The quantitative estimate of drug-likeness (QED) is 0.758. The van der Waals surface area contributed by atoms with E-state index < -0.39 is 9.84 Å². The first-order valence-corrected chi connectivity index (χ1v) is 5.27. The molecule has 0 amide bonds. The molecular formula is C8H10ArO3S. The van der Waals surface area contributed by atoms with Crippen molar-refractivity contribution in [3.05, 3.63) is 24.3 Å². The molecule has 0 aliphatic rings. The van der Waals surface area contributed by atoms with E-state index in [9.17, 15) is 8.42 Å². The molecule has 0 fully saturated rings. The van der Waals surface area contributed by atoms with E-state index in [4.69, 9.17) is 4.74 Å². The zero-order chi connectivity index (χ0) is 9.19. The van der Waals surface area contributed by atoms with Crippen molar-refractivity contribution >= 4 is 9.84 Å². The molecule has 0 aliphatic heterocycles. The van der Waals surface area contributed by atoms with Crippen molar-refractivity contribution < 1.29 is 50.9 Å². The zero-order valence-corrected chi connectivity index (χ0v) is 8.82. The summed E-state index contributed by atoms with van der Waals surface area (Å²) in [6, 6.07) is 6.39. The van der Waals surface area contributed by atoms with Crippen LogP contribution in [0.25, 0.3) is 0 Å². The number of hydrogen-bond acceptors (Lipinski definition) is 3. The molecule has 0 aromatic heterocycles. The third kappa shape index (κ3) is 3.85. The smallest absolute Gasteiger partial charge is 0.175 e. The van der Waals surface area contributed by atoms with Crippen molar-refractivity contribution in [2.24, 2.45) is 0 Å². The Bertz CT molecular complexity index is 373. The maximum atomic E-state index is 11.0. The van der Waals surface area contributed by atoms with Crippen LogP contribution in [0.2, 0.25) is 0 Å². The Hall–Kier alpha value is 0.230. The molecule has 13 heavy (non-hydrogen) atoms. The molecule has 1 aromatic rings. The Kier molecular flexibility index (Phi) is 5.29. The fourth-order valence-corrected chi connectivity index (χ4v) is 1.49. The minimum atomic E-state index is -3.12. The van der Waals surface area contributed by atoms with Crippen LogP contribution in [0.1, 0.15) is 0 Å². The number of methoxy groups -OCH3 is 1. The molecule has 0 saturated carbocycles. The predicted octanol–water partition coefficient (Wildman–Crippen LogP) is 1.10. The Balaban J connectivity index is 0.00000144. The van der Waals surface area contributed by atoms with Gasteiger partial charge in [-0.15, -0.1) is 0 Å². The van der Waals surface area contributed by atoms with Crippen LogP contribution in [0, 0.1) is 37.7 Å². The molecule has 1 aromatic carbocycles. The maximum Gasteiger partial charge on any atom is 0.175 e. The van der Waals surface area contributed by atoms with E-state index in [-0.39, 0.29) is 42.6 Å². The Morgan fingerprint density at radius 3 is 2.38 bits per heavy atom. The van der Waals surface area contributed by atoms with Crippen LogP contribution in [-0.4, -0.2) is 21.8 Å². The van der Waals surface area contributed by atoms with E-state index in [0.717, 1.165) is 0 Å². The van der Waals surface area contributed by atoms with E-state index in [1.165, 1.54) is 25.5 Å². The molecule has 3 nitrogen and oxygen atoms in total. The average molecular weight is 226 g/mol. The first kappa shape index (κ1) is 13.2. The average Bonchev–Trinajstić information content (AvgIpc) is 2.03. The standard InChI is InChI=1S/C8H10O3S.Ar/c1-11-7-4-3-5-8(6-7)12(2,9)10;/h3-6H,1-2H3;. The third-order valence-electron chi connectivity index (χ3n) is 1.47. The molecule has 0 saturated heterocycles. The zero-order valence-electron chi connectivity index (χ0n) is 7.30. The fourth-order valence-electron chi connectivity index (χ4n) is 0.832. The van der Waals surface area contributed by atoms with Gasteiger partial charge in [-0.3, -0.25) is 0 Å². The number of sulfone groups is 1. The van der Waals surface area contributed by atoms with Crippen molar-refractivity contribution in [1.82, 2.24) is 0 Å². The summed E-state index contributed by atoms with van der Waals surface area (Å²) in [6.45, 7) is 0. The Labute approximate surface area is 108 Å². The van der Waals surface area contributed by atoms with Gasteiger partial charge in [0.25, 0.3) is 0 Å². The second-order valence-electron chi connectivity index (χ2n) is 2.45. The number of hydrogen-bond donors (Lipinski definition) is 0. The topological polar surface area (TPSA) is 43.4 Å². The molecule has 0 bridgehead atoms. The summed E-state index contributed by atoms with van der Waals surface area (Å²) >= 11 is 0. The van der Waals surface area contributed by atoms with E-state index in [2.05, 4.69) is 0 Å². The summed E-state index contributed by atoms with van der Waals surface area (Å²) in [4.78, 5) is 0.279. The first-order chi connectivity index (χ1) is 5.54. The van der Waals surface area contributed by atoms with Gasteiger partial charge in [0.1, 0.15) is 5.75 Å². The van der Waals surface area contributed by atoms with Crippen molar-refractivity contribution in [3.63, 3.8) is 0 Å². The van der Waals surface area contributed by atoms with Crippen molar-refractivity contribution in [2.75, 3.05) is 13.4 Å². The summed E-state index contributed by atoms with van der Waals surface area (Å²) in [7, 11) is -1.61. The summed E-state index contributed by atoms with van der Waals surface area (Å²) < 4.78 is 27.0. The van der Waals surface area contributed by atoms with E-state index in [1.54, 1.807) is 12.1 Å². The monoisotopic (exact) mass is 226 g/mol. The third-order valence-corrected chi connectivity index (χ3v) is 2.58. The molecular weight excluding hydrogens is 216 g/mol. The molecule has 0 atom stereocenters. The minimum Gasteiger partial charge on any atom is -0.497 e. The van der Waals surface area contributed by atoms with Gasteiger partial charge in [0.15, 0.2) is 9.84 Å². The van der Waals surface area contributed by atoms with Crippen LogP contribution < -0.4 is 4.74 Å². The molecule has 0 N–H and O–H groups in total. The minimum absolute atomic E-state index is 0. The van der Waals surface area contributed by atoms with Crippen LogP contribution in [-0.2, 0) is 9.84 Å². The van der Waals surface area contributed by atoms with Crippen molar-refractivity contribution in [1.29, 1.82) is 0 Å². The molecule has 0 unspecified atom stereocenters. The summed E-state index contributed by atoms with van der Waals surface area (Å²) in [6.07, 6.45) is 1.17. The van der Waals surface area contributed by atoms with Gasteiger partial charge in [-0.2, -0.15) is 0 Å². The maximum absolute atomic E-state index is 11.0. The van der Waals surface area contributed by atoms with Crippen molar-refractivity contribution in [2.45, 2.75) is 4.90 Å². The Morgan fingerprint density at radius 2 is 1.92 bits per heavy atom. The number of rotatable bonds is 2. The molecule has 0 heterocycles. The van der Waals surface area contributed by atoms with Crippen LogP contribution in [0.15, 0.2) is 29.2 Å².